The molecule has 0 fully saturated rings. The van der Waals surface area contributed by atoms with Crippen molar-refractivity contribution in [2.24, 2.45) is 0 Å². The van der Waals surface area contributed by atoms with Crippen LogP contribution in [0.5, 0.6) is 5.88 Å². The highest BCUT2D eigenvalue weighted by atomic mass is 16.5. The molecule has 0 radical (unpaired) electrons. The van der Waals surface area contributed by atoms with Gasteiger partial charge in [0.1, 0.15) is 6.61 Å². The van der Waals surface area contributed by atoms with Gasteiger partial charge >= 0.3 is 0 Å². The number of hydrogen-bond donors (Lipinski definition) is 2. The number of carbonyl (C=O) groups excluding carboxylic acids is 1. The summed E-state index contributed by atoms with van der Waals surface area (Å²) >= 11 is 0. The van der Waals surface area contributed by atoms with Crippen LogP contribution in [0.4, 0.5) is 5.69 Å². The summed E-state index contributed by atoms with van der Waals surface area (Å²) in [5.74, 6) is 0.577. The molecule has 1 amide bonds. The van der Waals surface area contributed by atoms with Crippen LogP contribution in [0.25, 0.3) is 10.9 Å². The van der Waals surface area contributed by atoms with E-state index in [1.165, 1.54) is 0 Å². The Hall–Kier alpha value is -2.79. The van der Waals surface area contributed by atoms with Crippen LogP contribution in [0.3, 0.4) is 0 Å². The number of carbonyl (C=O) groups is 1. The molecule has 2 N–H and O–H groups in total. The molecule has 2 aromatic carbocycles. The number of rotatable bonds is 6. The van der Waals surface area contributed by atoms with Crippen LogP contribution in [-0.2, 0) is 0 Å². The van der Waals surface area contributed by atoms with Gasteiger partial charge < -0.3 is 19.9 Å². The lowest BCUT2D eigenvalue weighted by Crippen LogP contribution is -2.19. The molecule has 1 heterocycles. The smallest absolute Gasteiger partial charge is 0.255 e. The zero-order valence-electron chi connectivity index (χ0n) is 13.9. The zero-order chi connectivity index (χ0) is 16.9. The third-order valence-corrected chi connectivity index (χ3v) is 3.72. The first-order chi connectivity index (χ1) is 11.6. The maximum absolute atomic E-state index is 12.4. The standard InChI is InChI=1S/C19H21N3O2/c1-22(2)11-12-24-18-13-15-16(20-18)9-6-10-17(15)21-19(23)14-7-4-3-5-8-14/h3-10,13,20H,11-12H2,1-2H3,(H,21,23). The van der Waals surface area contributed by atoms with Crippen LogP contribution in [0.15, 0.2) is 54.6 Å². The lowest BCUT2D eigenvalue weighted by Gasteiger charge is -2.09. The van der Waals surface area contributed by atoms with E-state index in [4.69, 9.17) is 4.74 Å². The molecule has 124 valence electrons. The fourth-order valence-corrected chi connectivity index (χ4v) is 2.44. The average Bonchev–Trinajstić information content (AvgIpc) is 2.99. The van der Waals surface area contributed by atoms with Gasteiger partial charge in [0, 0.05) is 23.6 Å². The van der Waals surface area contributed by atoms with Crippen LogP contribution < -0.4 is 10.1 Å². The first-order valence-electron chi connectivity index (χ1n) is 7.89. The molecule has 0 bridgehead atoms. The highest BCUT2D eigenvalue weighted by Gasteiger charge is 2.10. The maximum atomic E-state index is 12.4. The molecule has 0 aliphatic carbocycles. The third kappa shape index (κ3) is 3.75. The Balaban J connectivity index is 1.78. The van der Waals surface area contributed by atoms with Crippen molar-refractivity contribution in [2.75, 3.05) is 32.6 Å². The summed E-state index contributed by atoms with van der Waals surface area (Å²) < 4.78 is 5.74. The first-order valence-corrected chi connectivity index (χ1v) is 7.89. The Morgan fingerprint density at radius 1 is 1.12 bits per heavy atom. The van der Waals surface area contributed by atoms with Crippen molar-refractivity contribution < 1.29 is 9.53 Å². The SMILES string of the molecule is CN(C)CCOc1cc2c(NC(=O)c3ccccc3)cccc2[nH]1. The van der Waals surface area contributed by atoms with E-state index >= 15 is 0 Å². The topological polar surface area (TPSA) is 57.4 Å². The predicted octanol–water partition coefficient (Wildman–Crippen LogP) is 3.36. The van der Waals surface area contributed by atoms with Gasteiger partial charge in [-0.25, -0.2) is 0 Å². The number of fused-ring (bicyclic) bond motifs is 1. The normalized spacial score (nSPS) is 11.0. The van der Waals surface area contributed by atoms with Gasteiger partial charge in [-0.15, -0.1) is 0 Å². The number of anilines is 1. The van der Waals surface area contributed by atoms with Crippen molar-refractivity contribution >= 4 is 22.5 Å². The van der Waals surface area contributed by atoms with E-state index in [2.05, 4.69) is 15.2 Å². The van der Waals surface area contributed by atoms with E-state index in [0.717, 1.165) is 23.1 Å². The minimum atomic E-state index is -0.126. The van der Waals surface area contributed by atoms with E-state index in [0.29, 0.717) is 18.1 Å². The number of nitrogens with zero attached hydrogens (tertiary/aromatic N) is 1. The van der Waals surface area contributed by atoms with Crippen molar-refractivity contribution in [3.05, 3.63) is 60.2 Å². The minimum absolute atomic E-state index is 0.126. The van der Waals surface area contributed by atoms with Gasteiger partial charge in [0.15, 0.2) is 5.88 Å². The van der Waals surface area contributed by atoms with E-state index in [1.807, 2.05) is 56.6 Å². The predicted molar refractivity (Wildman–Crippen MR) is 96.7 cm³/mol. The summed E-state index contributed by atoms with van der Waals surface area (Å²) in [5.41, 5.74) is 2.33. The van der Waals surface area contributed by atoms with Crippen LogP contribution >= 0.6 is 0 Å². The fraction of sp³-hybridized carbons (Fsp3) is 0.211. The molecule has 0 atom stereocenters. The average molecular weight is 323 g/mol. The fourth-order valence-electron chi connectivity index (χ4n) is 2.44. The molecule has 5 heteroatoms. The van der Waals surface area contributed by atoms with Gasteiger partial charge in [0.2, 0.25) is 0 Å². The van der Waals surface area contributed by atoms with E-state index in [-0.39, 0.29) is 5.91 Å². The van der Waals surface area contributed by atoms with Gasteiger partial charge in [-0.05, 0) is 38.4 Å². The van der Waals surface area contributed by atoms with Gasteiger partial charge in [-0.2, -0.15) is 0 Å². The molecule has 0 unspecified atom stereocenters. The molecule has 0 aliphatic heterocycles. The first kappa shape index (κ1) is 16.1. The second-order valence-corrected chi connectivity index (χ2v) is 5.87. The van der Waals surface area contributed by atoms with Gasteiger partial charge in [-0.3, -0.25) is 4.79 Å². The van der Waals surface area contributed by atoms with Crippen LogP contribution in [-0.4, -0.2) is 43.0 Å². The summed E-state index contributed by atoms with van der Waals surface area (Å²) in [7, 11) is 4.01. The Labute approximate surface area is 141 Å². The molecule has 3 rings (SSSR count). The van der Waals surface area contributed by atoms with Crippen LogP contribution in [0.2, 0.25) is 0 Å². The monoisotopic (exact) mass is 323 g/mol. The number of aromatic nitrogens is 1. The number of ether oxygens (including phenoxy) is 1. The molecule has 3 aromatic rings. The molecular formula is C19H21N3O2. The largest absolute Gasteiger partial charge is 0.478 e. The highest BCUT2D eigenvalue weighted by Crippen LogP contribution is 2.27. The lowest BCUT2D eigenvalue weighted by molar-refractivity contribution is 0.102. The van der Waals surface area contributed by atoms with Crippen molar-refractivity contribution in [1.29, 1.82) is 0 Å². The Bertz CT molecular complexity index is 825. The van der Waals surface area contributed by atoms with E-state index in [1.54, 1.807) is 12.1 Å². The highest BCUT2D eigenvalue weighted by molar-refractivity contribution is 6.09. The summed E-state index contributed by atoms with van der Waals surface area (Å²) in [6.45, 7) is 1.44. The molecule has 0 spiro atoms. The van der Waals surface area contributed by atoms with E-state index < -0.39 is 0 Å². The molecule has 5 nitrogen and oxygen atoms in total. The van der Waals surface area contributed by atoms with E-state index in [9.17, 15) is 4.79 Å². The van der Waals surface area contributed by atoms with Crippen LogP contribution in [0, 0.1) is 0 Å². The Morgan fingerprint density at radius 2 is 1.92 bits per heavy atom. The molecule has 24 heavy (non-hydrogen) atoms. The second-order valence-electron chi connectivity index (χ2n) is 5.87. The second kappa shape index (κ2) is 7.19. The van der Waals surface area contributed by atoms with Crippen molar-refractivity contribution in [1.82, 2.24) is 9.88 Å². The Kier molecular flexibility index (Phi) is 4.82. The Morgan fingerprint density at radius 3 is 2.67 bits per heavy atom. The van der Waals surface area contributed by atoms with Crippen molar-refractivity contribution in [3.63, 3.8) is 0 Å². The number of nitrogens with one attached hydrogen (secondary N) is 2. The number of amides is 1. The van der Waals surface area contributed by atoms with Gasteiger partial charge in [0.25, 0.3) is 5.91 Å². The number of aromatic amines is 1. The molecule has 0 saturated carbocycles. The summed E-state index contributed by atoms with van der Waals surface area (Å²) in [6, 6.07) is 16.9. The summed E-state index contributed by atoms with van der Waals surface area (Å²) in [5, 5.41) is 3.90. The van der Waals surface area contributed by atoms with Crippen molar-refractivity contribution in [2.45, 2.75) is 0 Å². The third-order valence-electron chi connectivity index (χ3n) is 3.72. The summed E-state index contributed by atoms with van der Waals surface area (Å²) in [6.07, 6.45) is 0. The maximum Gasteiger partial charge on any atom is 0.255 e. The quantitative estimate of drug-likeness (QED) is 0.731. The lowest BCUT2D eigenvalue weighted by atomic mass is 10.2. The number of likely N-dealkylation sites (N-methyl/N-ethyl adjacent to an activating group) is 1. The number of H-pyrrole nitrogens is 1. The summed E-state index contributed by atoms with van der Waals surface area (Å²) in [4.78, 5) is 17.6. The van der Waals surface area contributed by atoms with Crippen LogP contribution in [0.1, 0.15) is 10.4 Å². The van der Waals surface area contributed by atoms with Gasteiger partial charge in [0.05, 0.1) is 11.2 Å². The zero-order valence-corrected chi connectivity index (χ0v) is 13.9. The molecule has 0 saturated heterocycles. The molecule has 0 aliphatic rings. The number of hydrogen-bond acceptors (Lipinski definition) is 3. The van der Waals surface area contributed by atoms with Gasteiger partial charge in [-0.1, -0.05) is 24.3 Å². The van der Waals surface area contributed by atoms with Crippen molar-refractivity contribution in [3.8, 4) is 5.88 Å². The molecular weight excluding hydrogens is 302 g/mol. The number of benzene rings is 2. The molecule has 1 aromatic heterocycles. The minimum Gasteiger partial charge on any atom is -0.478 e.